The van der Waals surface area contributed by atoms with Gasteiger partial charge >= 0.3 is 0 Å². The lowest BCUT2D eigenvalue weighted by Crippen LogP contribution is -2.23. The number of rotatable bonds is 4. The summed E-state index contributed by atoms with van der Waals surface area (Å²) in [7, 11) is -1.37. The second-order valence-electron chi connectivity index (χ2n) is 6.32. The standard InChI is InChI=1S/C19H16FN3O3S/c1-27(26)22-16-13-3-2-8-21-17(13)18(24)15-14(16)10-23(19(15)25)9-11-4-6-12(20)7-5-11/h2-8,22,24H,9-10H2,1H3. The third-order valence-corrected chi connectivity index (χ3v) is 5.02. The molecule has 0 saturated heterocycles. The first kappa shape index (κ1) is 17.4. The minimum Gasteiger partial charge on any atom is -0.505 e. The highest BCUT2D eigenvalue weighted by Gasteiger charge is 2.35. The van der Waals surface area contributed by atoms with Crippen molar-refractivity contribution in [3.63, 3.8) is 0 Å². The lowest BCUT2D eigenvalue weighted by atomic mass is 10.0. The number of nitrogens with zero attached hydrogens (tertiary/aromatic N) is 2. The van der Waals surface area contributed by atoms with E-state index < -0.39 is 11.0 Å². The molecule has 1 aromatic heterocycles. The molecule has 0 fully saturated rings. The quantitative estimate of drug-likeness (QED) is 0.677. The van der Waals surface area contributed by atoms with Crippen LogP contribution >= 0.6 is 0 Å². The summed E-state index contributed by atoms with van der Waals surface area (Å²) < 4.78 is 27.8. The van der Waals surface area contributed by atoms with Gasteiger partial charge in [0.2, 0.25) is 0 Å². The van der Waals surface area contributed by atoms with Crippen LogP contribution in [0.4, 0.5) is 10.1 Å². The van der Waals surface area contributed by atoms with Gasteiger partial charge in [-0.2, -0.15) is 0 Å². The summed E-state index contributed by atoms with van der Waals surface area (Å²) in [6, 6.07) is 9.38. The summed E-state index contributed by atoms with van der Waals surface area (Å²) in [5.41, 5.74) is 2.32. The average molecular weight is 385 g/mol. The Morgan fingerprint density at radius 3 is 2.74 bits per heavy atom. The number of hydrogen-bond acceptors (Lipinski definition) is 4. The van der Waals surface area contributed by atoms with E-state index in [1.54, 1.807) is 29.2 Å². The van der Waals surface area contributed by atoms with Gasteiger partial charge in [-0.05, 0) is 29.8 Å². The molecule has 1 amide bonds. The van der Waals surface area contributed by atoms with Gasteiger partial charge in [0.25, 0.3) is 5.91 Å². The molecule has 0 spiro atoms. The molecule has 27 heavy (non-hydrogen) atoms. The van der Waals surface area contributed by atoms with Gasteiger partial charge in [0.1, 0.15) is 22.3 Å². The van der Waals surface area contributed by atoms with E-state index in [1.807, 2.05) is 0 Å². The zero-order valence-electron chi connectivity index (χ0n) is 14.4. The number of nitrogens with one attached hydrogen (secondary N) is 1. The van der Waals surface area contributed by atoms with Crippen molar-refractivity contribution in [1.82, 2.24) is 9.88 Å². The summed E-state index contributed by atoms with van der Waals surface area (Å²) >= 11 is 0. The largest absolute Gasteiger partial charge is 0.505 e. The maximum atomic E-state index is 13.1. The number of amides is 1. The van der Waals surface area contributed by atoms with Crippen molar-refractivity contribution in [3.8, 4) is 5.75 Å². The van der Waals surface area contributed by atoms with E-state index in [4.69, 9.17) is 0 Å². The predicted octanol–water partition coefficient (Wildman–Crippen LogP) is 2.94. The van der Waals surface area contributed by atoms with Crippen molar-refractivity contribution in [2.24, 2.45) is 0 Å². The number of aromatic hydroxyl groups is 1. The zero-order valence-corrected chi connectivity index (χ0v) is 15.2. The van der Waals surface area contributed by atoms with Gasteiger partial charge < -0.3 is 14.7 Å². The average Bonchev–Trinajstić information content (AvgIpc) is 2.97. The van der Waals surface area contributed by atoms with Gasteiger partial charge in [-0.25, -0.2) is 8.60 Å². The first-order chi connectivity index (χ1) is 13.0. The van der Waals surface area contributed by atoms with Crippen LogP contribution in [0.15, 0.2) is 42.6 Å². The molecule has 2 heterocycles. The van der Waals surface area contributed by atoms with Crippen LogP contribution in [0, 0.1) is 5.82 Å². The van der Waals surface area contributed by atoms with Crippen LogP contribution in [0.3, 0.4) is 0 Å². The smallest absolute Gasteiger partial charge is 0.258 e. The van der Waals surface area contributed by atoms with Gasteiger partial charge in [0.05, 0.1) is 11.3 Å². The molecule has 8 heteroatoms. The molecule has 3 aromatic rings. The Bertz CT molecular complexity index is 1090. The fourth-order valence-corrected chi connectivity index (χ4v) is 3.87. The first-order valence-electron chi connectivity index (χ1n) is 8.22. The van der Waals surface area contributed by atoms with Crippen LogP contribution in [-0.2, 0) is 24.1 Å². The molecule has 4 rings (SSSR count). The van der Waals surface area contributed by atoms with E-state index in [2.05, 4.69) is 9.71 Å². The molecule has 2 aromatic carbocycles. The number of anilines is 1. The highest BCUT2D eigenvalue weighted by molar-refractivity contribution is 7.85. The fourth-order valence-electron chi connectivity index (χ4n) is 3.35. The molecule has 0 radical (unpaired) electrons. The number of aromatic nitrogens is 1. The van der Waals surface area contributed by atoms with E-state index in [0.717, 1.165) is 5.56 Å². The minimum absolute atomic E-state index is 0.163. The minimum atomic E-state index is -1.37. The van der Waals surface area contributed by atoms with Crippen LogP contribution in [0.25, 0.3) is 10.9 Å². The Hall–Kier alpha value is -3.00. The SMILES string of the molecule is CS(=O)Nc1c2c(c(O)c3ncccc13)C(=O)N(Cc1ccc(F)cc1)C2. The van der Waals surface area contributed by atoms with E-state index in [0.29, 0.717) is 16.6 Å². The number of phenols is 1. The molecule has 1 unspecified atom stereocenters. The predicted molar refractivity (Wildman–Crippen MR) is 101 cm³/mol. The third-order valence-electron chi connectivity index (χ3n) is 4.52. The van der Waals surface area contributed by atoms with Crippen LogP contribution in [-0.4, -0.2) is 31.4 Å². The molecule has 138 valence electrons. The Morgan fingerprint density at radius 2 is 2.04 bits per heavy atom. The van der Waals surface area contributed by atoms with E-state index >= 15 is 0 Å². The molecule has 0 saturated carbocycles. The number of phenolic OH excluding ortho intramolecular Hbond substituents is 1. The van der Waals surface area contributed by atoms with E-state index in [9.17, 15) is 18.5 Å². The van der Waals surface area contributed by atoms with Crippen LogP contribution in [0.1, 0.15) is 21.5 Å². The number of carbonyl (C=O) groups excluding carboxylic acids is 1. The van der Waals surface area contributed by atoms with Gasteiger partial charge in [-0.1, -0.05) is 12.1 Å². The molecule has 2 N–H and O–H groups in total. The highest BCUT2D eigenvalue weighted by Crippen LogP contribution is 2.42. The monoisotopic (exact) mass is 385 g/mol. The lowest BCUT2D eigenvalue weighted by Gasteiger charge is -2.16. The summed E-state index contributed by atoms with van der Waals surface area (Å²) in [5, 5.41) is 11.3. The topological polar surface area (TPSA) is 82.5 Å². The zero-order chi connectivity index (χ0) is 19.1. The Balaban J connectivity index is 1.81. The fraction of sp³-hybridized carbons (Fsp3) is 0.158. The molecule has 1 atom stereocenters. The molecule has 1 aliphatic rings. The maximum absolute atomic E-state index is 13.1. The summed E-state index contributed by atoms with van der Waals surface area (Å²) in [6.07, 6.45) is 3.02. The molecule has 0 bridgehead atoms. The number of carbonyl (C=O) groups is 1. The van der Waals surface area contributed by atoms with Crippen LogP contribution in [0.5, 0.6) is 5.75 Å². The van der Waals surface area contributed by atoms with Crippen LogP contribution < -0.4 is 4.72 Å². The highest BCUT2D eigenvalue weighted by atomic mass is 32.2. The summed E-state index contributed by atoms with van der Waals surface area (Å²) in [5.74, 6) is -0.870. The number of halogens is 1. The number of fused-ring (bicyclic) bond motifs is 2. The van der Waals surface area contributed by atoms with Crippen molar-refractivity contribution >= 4 is 33.5 Å². The van der Waals surface area contributed by atoms with Crippen LogP contribution in [0.2, 0.25) is 0 Å². The summed E-state index contributed by atoms with van der Waals surface area (Å²) in [4.78, 5) is 18.7. The van der Waals surface area contributed by atoms with Gasteiger partial charge in [-0.15, -0.1) is 0 Å². The van der Waals surface area contributed by atoms with Crippen molar-refractivity contribution in [2.75, 3.05) is 11.0 Å². The second-order valence-corrected chi connectivity index (χ2v) is 7.43. The second kappa shape index (κ2) is 6.62. The van der Waals surface area contributed by atoms with Gasteiger partial charge in [0, 0.05) is 36.5 Å². The lowest BCUT2D eigenvalue weighted by molar-refractivity contribution is 0.0765. The Morgan fingerprint density at radius 1 is 1.30 bits per heavy atom. The number of benzene rings is 2. The third kappa shape index (κ3) is 3.02. The van der Waals surface area contributed by atoms with Gasteiger partial charge in [-0.3, -0.25) is 9.78 Å². The molecule has 6 nitrogen and oxygen atoms in total. The van der Waals surface area contributed by atoms with Crippen molar-refractivity contribution < 1.29 is 18.5 Å². The Labute approximate surface area is 157 Å². The molecular formula is C19H16FN3O3S. The molecule has 1 aliphatic heterocycles. The van der Waals surface area contributed by atoms with Crippen molar-refractivity contribution in [3.05, 3.63) is 65.1 Å². The normalized spacial score (nSPS) is 14.4. The molecular weight excluding hydrogens is 369 g/mol. The van der Waals surface area contributed by atoms with Gasteiger partial charge in [0.15, 0.2) is 5.75 Å². The number of hydrogen-bond donors (Lipinski definition) is 2. The Kier molecular flexibility index (Phi) is 4.27. The first-order valence-corrected chi connectivity index (χ1v) is 9.78. The van der Waals surface area contributed by atoms with Crippen molar-refractivity contribution in [1.29, 1.82) is 0 Å². The number of pyridine rings is 1. The molecule has 0 aliphatic carbocycles. The van der Waals surface area contributed by atoms with E-state index in [1.165, 1.54) is 24.6 Å². The maximum Gasteiger partial charge on any atom is 0.258 e. The summed E-state index contributed by atoms with van der Waals surface area (Å²) in [6.45, 7) is 0.509. The van der Waals surface area contributed by atoms with Crippen molar-refractivity contribution in [2.45, 2.75) is 13.1 Å². The van der Waals surface area contributed by atoms with E-state index in [-0.39, 0.29) is 41.6 Å².